The lowest BCUT2D eigenvalue weighted by atomic mass is 10.2. The van der Waals surface area contributed by atoms with Crippen LogP contribution in [-0.2, 0) is 0 Å². The predicted octanol–water partition coefficient (Wildman–Crippen LogP) is 2.78. The van der Waals surface area contributed by atoms with Crippen molar-refractivity contribution in [3.63, 3.8) is 0 Å². The molecule has 1 rings (SSSR count). The monoisotopic (exact) mass is 125 g/mol. The standard InChI is InChI=1S/C6H9N.C2H6/c1-6-3-2-4-7-5-6;1-2/h4-5H,2-3H2,1H3;1-2H3. The van der Waals surface area contributed by atoms with Gasteiger partial charge < -0.3 is 0 Å². The Bertz CT molecular complexity index is 112. The van der Waals surface area contributed by atoms with Crippen LogP contribution in [0.1, 0.15) is 33.6 Å². The maximum absolute atomic E-state index is 3.97. The van der Waals surface area contributed by atoms with Crippen LogP contribution < -0.4 is 0 Å². The third kappa shape index (κ3) is 3.95. The van der Waals surface area contributed by atoms with Crippen LogP contribution in [0.4, 0.5) is 0 Å². The first kappa shape index (κ1) is 8.41. The van der Waals surface area contributed by atoms with Crippen molar-refractivity contribution in [1.29, 1.82) is 0 Å². The van der Waals surface area contributed by atoms with Gasteiger partial charge in [0.1, 0.15) is 0 Å². The van der Waals surface area contributed by atoms with Crippen LogP contribution in [0.25, 0.3) is 0 Å². The largest absolute Gasteiger partial charge is 0.269 e. The zero-order valence-electron chi connectivity index (χ0n) is 6.52. The van der Waals surface area contributed by atoms with Crippen molar-refractivity contribution >= 4 is 6.21 Å². The molecule has 0 spiro atoms. The Kier molecular flexibility index (Phi) is 5.18. The van der Waals surface area contributed by atoms with Gasteiger partial charge in [0.15, 0.2) is 0 Å². The SMILES string of the molecule is CC.CC1=CN=CCC1. The lowest BCUT2D eigenvalue weighted by molar-refractivity contribution is 0.994. The van der Waals surface area contributed by atoms with E-state index in [1.54, 1.807) is 0 Å². The Morgan fingerprint density at radius 2 is 2.11 bits per heavy atom. The molecule has 0 radical (unpaired) electrons. The van der Waals surface area contributed by atoms with E-state index in [1.165, 1.54) is 12.0 Å². The molecule has 0 N–H and O–H groups in total. The van der Waals surface area contributed by atoms with Crippen molar-refractivity contribution < 1.29 is 0 Å². The molecule has 1 aliphatic heterocycles. The molecule has 1 aliphatic rings. The molecule has 1 heterocycles. The van der Waals surface area contributed by atoms with Gasteiger partial charge in [-0.15, -0.1) is 0 Å². The third-order valence-electron chi connectivity index (χ3n) is 1.07. The first-order chi connectivity index (χ1) is 4.39. The maximum Gasteiger partial charge on any atom is 0.0253 e. The molecular formula is C8H15N. The van der Waals surface area contributed by atoms with Crippen LogP contribution in [0.5, 0.6) is 0 Å². The number of hydrogen-bond acceptors (Lipinski definition) is 1. The summed E-state index contributed by atoms with van der Waals surface area (Å²) in [6, 6.07) is 0. The van der Waals surface area contributed by atoms with E-state index in [0.29, 0.717) is 0 Å². The molecule has 0 fully saturated rings. The second-order valence-corrected chi connectivity index (χ2v) is 1.85. The van der Waals surface area contributed by atoms with Crippen molar-refractivity contribution in [3.8, 4) is 0 Å². The first-order valence-electron chi connectivity index (χ1n) is 3.57. The number of nitrogens with zero attached hydrogens (tertiary/aromatic N) is 1. The molecule has 0 aromatic rings. The first-order valence-corrected chi connectivity index (χ1v) is 3.57. The molecule has 0 saturated heterocycles. The number of hydrogen-bond donors (Lipinski definition) is 0. The Morgan fingerprint density at radius 1 is 1.44 bits per heavy atom. The highest BCUT2D eigenvalue weighted by molar-refractivity contribution is 5.59. The van der Waals surface area contributed by atoms with Crippen LogP contribution in [0.15, 0.2) is 16.8 Å². The van der Waals surface area contributed by atoms with E-state index >= 15 is 0 Å². The normalized spacial score (nSPS) is 15.7. The summed E-state index contributed by atoms with van der Waals surface area (Å²) >= 11 is 0. The molecular weight excluding hydrogens is 110 g/mol. The molecule has 0 bridgehead atoms. The molecule has 1 nitrogen and oxygen atoms in total. The predicted molar refractivity (Wildman–Crippen MR) is 42.8 cm³/mol. The minimum absolute atomic E-state index is 1.13. The summed E-state index contributed by atoms with van der Waals surface area (Å²) < 4.78 is 0. The molecule has 0 aliphatic carbocycles. The van der Waals surface area contributed by atoms with E-state index in [-0.39, 0.29) is 0 Å². The smallest absolute Gasteiger partial charge is 0.0253 e. The number of allylic oxidation sites excluding steroid dienone is 1. The fourth-order valence-corrected chi connectivity index (χ4v) is 0.611. The van der Waals surface area contributed by atoms with Gasteiger partial charge in [-0.1, -0.05) is 19.4 Å². The van der Waals surface area contributed by atoms with Gasteiger partial charge in [-0.3, -0.25) is 4.99 Å². The minimum Gasteiger partial charge on any atom is -0.269 e. The molecule has 52 valence electrons. The summed E-state index contributed by atoms with van der Waals surface area (Å²) in [7, 11) is 0. The van der Waals surface area contributed by atoms with Crippen LogP contribution in [-0.4, -0.2) is 6.21 Å². The van der Waals surface area contributed by atoms with E-state index in [2.05, 4.69) is 11.9 Å². The summed E-state index contributed by atoms with van der Waals surface area (Å²) in [4.78, 5) is 3.97. The van der Waals surface area contributed by atoms with Crippen molar-refractivity contribution in [1.82, 2.24) is 0 Å². The van der Waals surface area contributed by atoms with Gasteiger partial charge in [-0.25, -0.2) is 0 Å². The maximum atomic E-state index is 3.97. The Morgan fingerprint density at radius 3 is 2.33 bits per heavy atom. The van der Waals surface area contributed by atoms with Gasteiger partial charge in [-0.2, -0.15) is 0 Å². The molecule has 9 heavy (non-hydrogen) atoms. The van der Waals surface area contributed by atoms with E-state index in [9.17, 15) is 0 Å². The highest BCUT2D eigenvalue weighted by Gasteiger charge is 1.89. The van der Waals surface area contributed by atoms with Gasteiger partial charge in [0, 0.05) is 12.4 Å². The van der Waals surface area contributed by atoms with Gasteiger partial charge in [-0.05, 0) is 19.8 Å². The van der Waals surface area contributed by atoms with Crippen molar-refractivity contribution in [2.45, 2.75) is 33.6 Å². The van der Waals surface area contributed by atoms with Gasteiger partial charge >= 0.3 is 0 Å². The summed E-state index contributed by atoms with van der Waals surface area (Å²) in [5, 5.41) is 0. The summed E-state index contributed by atoms with van der Waals surface area (Å²) in [6.07, 6.45) is 6.20. The molecule has 0 unspecified atom stereocenters. The second-order valence-electron chi connectivity index (χ2n) is 1.85. The lowest BCUT2D eigenvalue weighted by Crippen LogP contribution is -1.83. The Hall–Kier alpha value is -0.590. The summed E-state index contributed by atoms with van der Waals surface area (Å²) in [6.45, 7) is 6.11. The van der Waals surface area contributed by atoms with Crippen LogP contribution in [0.3, 0.4) is 0 Å². The average molecular weight is 125 g/mol. The minimum atomic E-state index is 1.13. The van der Waals surface area contributed by atoms with Crippen LogP contribution in [0, 0.1) is 0 Å². The van der Waals surface area contributed by atoms with Crippen LogP contribution >= 0.6 is 0 Å². The molecule has 0 aromatic carbocycles. The molecule has 1 heteroatoms. The second kappa shape index (κ2) is 5.54. The molecule has 0 saturated carbocycles. The quantitative estimate of drug-likeness (QED) is 0.472. The zero-order valence-corrected chi connectivity index (χ0v) is 6.52. The fraction of sp³-hybridized carbons (Fsp3) is 0.625. The van der Waals surface area contributed by atoms with Gasteiger partial charge in [0.25, 0.3) is 0 Å². The van der Waals surface area contributed by atoms with E-state index < -0.39 is 0 Å². The third-order valence-corrected chi connectivity index (χ3v) is 1.07. The van der Waals surface area contributed by atoms with E-state index in [1.807, 2.05) is 26.3 Å². The van der Waals surface area contributed by atoms with Gasteiger partial charge in [0.05, 0.1) is 0 Å². The highest BCUT2D eigenvalue weighted by Crippen LogP contribution is 2.05. The molecule has 0 amide bonds. The molecule has 0 atom stereocenters. The number of rotatable bonds is 0. The number of aliphatic imine (C=N–C) groups is 1. The lowest BCUT2D eigenvalue weighted by Gasteiger charge is -1.98. The summed E-state index contributed by atoms with van der Waals surface area (Å²) in [5.41, 5.74) is 1.39. The Balaban J connectivity index is 0.000000291. The van der Waals surface area contributed by atoms with E-state index in [4.69, 9.17) is 0 Å². The van der Waals surface area contributed by atoms with Crippen molar-refractivity contribution in [3.05, 3.63) is 11.8 Å². The topological polar surface area (TPSA) is 12.4 Å². The highest BCUT2D eigenvalue weighted by atomic mass is 14.7. The Labute approximate surface area is 57.5 Å². The van der Waals surface area contributed by atoms with Crippen molar-refractivity contribution in [2.75, 3.05) is 0 Å². The zero-order chi connectivity index (χ0) is 7.11. The molecule has 0 aromatic heterocycles. The average Bonchev–Trinajstić information content (AvgIpc) is 1.94. The van der Waals surface area contributed by atoms with Crippen molar-refractivity contribution in [2.24, 2.45) is 4.99 Å². The fourth-order valence-electron chi connectivity index (χ4n) is 0.611. The van der Waals surface area contributed by atoms with E-state index in [0.717, 1.165) is 6.42 Å². The van der Waals surface area contributed by atoms with Gasteiger partial charge in [0.2, 0.25) is 0 Å². The van der Waals surface area contributed by atoms with Crippen LogP contribution in [0.2, 0.25) is 0 Å². The summed E-state index contributed by atoms with van der Waals surface area (Å²) in [5.74, 6) is 0.